The quantitative estimate of drug-likeness (QED) is 0.385. The molecule has 82 valence electrons. The molecule has 0 saturated carbocycles. The minimum absolute atomic E-state index is 0.642. The Labute approximate surface area is 112 Å². The summed E-state index contributed by atoms with van der Waals surface area (Å²) < 4.78 is 1.17. The van der Waals surface area contributed by atoms with Gasteiger partial charge in [0.2, 0.25) is 0 Å². The molecule has 0 radical (unpaired) electrons. The molecule has 1 heterocycles. The first-order valence-corrected chi connectivity index (χ1v) is 6.30. The first-order valence-electron chi connectivity index (χ1n) is 5.23. The first kappa shape index (κ1) is 10.7. The Morgan fingerprint density at radius 3 is 2.76 bits per heavy atom. The van der Waals surface area contributed by atoms with Crippen LogP contribution in [0.5, 0.6) is 0 Å². The highest BCUT2D eigenvalue weighted by molar-refractivity contribution is 14.1. The van der Waals surface area contributed by atoms with Gasteiger partial charge in [0.05, 0.1) is 11.0 Å². The Balaban J connectivity index is 2.52. The SMILES string of the molecule is O=Cc1cccc2cc3c(I)cccc3nc12. The van der Waals surface area contributed by atoms with Crippen LogP contribution in [0.15, 0.2) is 42.5 Å². The van der Waals surface area contributed by atoms with Crippen LogP contribution in [0.4, 0.5) is 0 Å². The topological polar surface area (TPSA) is 30.0 Å². The monoisotopic (exact) mass is 333 g/mol. The minimum atomic E-state index is 0.642. The molecule has 17 heavy (non-hydrogen) atoms. The van der Waals surface area contributed by atoms with E-state index in [0.29, 0.717) is 5.56 Å². The van der Waals surface area contributed by atoms with Crippen LogP contribution in [0.2, 0.25) is 0 Å². The number of carbonyl (C=O) groups excluding carboxylic acids is 1. The summed E-state index contributed by atoms with van der Waals surface area (Å²) in [6.45, 7) is 0. The van der Waals surface area contributed by atoms with Crippen molar-refractivity contribution < 1.29 is 4.79 Å². The number of nitrogens with zero attached hydrogens (tertiary/aromatic N) is 1. The summed E-state index contributed by atoms with van der Waals surface area (Å²) in [4.78, 5) is 15.6. The van der Waals surface area contributed by atoms with E-state index in [0.717, 1.165) is 28.1 Å². The molecular formula is C14H8INO. The molecule has 0 saturated heterocycles. The molecule has 0 aliphatic heterocycles. The van der Waals surface area contributed by atoms with E-state index in [9.17, 15) is 4.79 Å². The molecule has 3 heteroatoms. The van der Waals surface area contributed by atoms with Gasteiger partial charge in [-0.2, -0.15) is 0 Å². The average Bonchev–Trinajstić information content (AvgIpc) is 2.36. The molecule has 0 amide bonds. The van der Waals surface area contributed by atoms with Gasteiger partial charge < -0.3 is 0 Å². The third-order valence-corrected chi connectivity index (χ3v) is 3.73. The molecule has 0 aliphatic rings. The van der Waals surface area contributed by atoms with E-state index in [4.69, 9.17) is 0 Å². The van der Waals surface area contributed by atoms with E-state index >= 15 is 0 Å². The molecule has 0 bridgehead atoms. The highest BCUT2D eigenvalue weighted by Crippen LogP contribution is 2.24. The summed E-state index contributed by atoms with van der Waals surface area (Å²) in [7, 11) is 0. The largest absolute Gasteiger partial charge is 0.298 e. The second-order valence-corrected chi connectivity index (χ2v) is 4.99. The lowest BCUT2D eigenvalue weighted by Gasteiger charge is -2.04. The van der Waals surface area contributed by atoms with Crippen LogP contribution < -0.4 is 0 Å². The van der Waals surface area contributed by atoms with E-state index in [1.807, 2.05) is 24.3 Å². The van der Waals surface area contributed by atoms with Crippen molar-refractivity contribution in [1.82, 2.24) is 4.98 Å². The van der Waals surface area contributed by atoms with Gasteiger partial charge in [-0.05, 0) is 46.9 Å². The fourth-order valence-corrected chi connectivity index (χ4v) is 2.60. The number of fused-ring (bicyclic) bond motifs is 2. The molecule has 1 aromatic heterocycles. The van der Waals surface area contributed by atoms with E-state index in [1.54, 1.807) is 6.07 Å². The zero-order valence-corrected chi connectivity index (χ0v) is 11.0. The lowest BCUT2D eigenvalue weighted by molar-refractivity contribution is 0.112. The number of aldehydes is 1. The number of halogens is 1. The van der Waals surface area contributed by atoms with Gasteiger partial charge in [0.1, 0.15) is 0 Å². The van der Waals surface area contributed by atoms with Crippen molar-refractivity contribution in [3.63, 3.8) is 0 Å². The maximum atomic E-state index is 11.0. The second kappa shape index (κ2) is 4.07. The van der Waals surface area contributed by atoms with Crippen molar-refractivity contribution >= 4 is 50.7 Å². The van der Waals surface area contributed by atoms with Crippen LogP contribution in [0, 0.1) is 3.57 Å². The van der Waals surface area contributed by atoms with E-state index in [-0.39, 0.29) is 0 Å². The maximum absolute atomic E-state index is 11.0. The van der Waals surface area contributed by atoms with E-state index in [1.165, 1.54) is 3.57 Å². The molecular weight excluding hydrogens is 325 g/mol. The normalized spacial score (nSPS) is 10.9. The second-order valence-electron chi connectivity index (χ2n) is 3.83. The molecule has 2 nitrogen and oxygen atoms in total. The molecule has 0 atom stereocenters. The number of carbonyl (C=O) groups is 1. The van der Waals surface area contributed by atoms with Crippen LogP contribution in [-0.2, 0) is 0 Å². The number of pyridine rings is 1. The van der Waals surface area contributed by atoms with Gasteiger partial charge in [-0.1, -0.05) is 18.2 Å². The predicted molar refractivity (Wildman–Crippen MR) is 77.4 cm³/mol. The van der Waals surface area contributed by atoms with Crippen molar-refractivity contribution in [1.29, 1.82) is 0 Å². The number of benzene rings is 2. The lowest BCUT2D eigenvalue weighted by atomic mass is 10.1. The third-order valence-electron chi connectivity index (χ3n) is 2.79. The number of rotatable bonds is 1. The van der Waals surface area contributed by atoms with Crippen molar-refractivity contribution in [3.8, 4) is 0 Å². The fourth-order valence-electron chi connectivity index (χ4n) is 1.96. The Morgan fingerprint density at radius 2 is 1.94 bits per heavy atom. The van der Waals surface area contributed by atoms with Gasteiger partial charge in [0, 0.05) is 19.9 Å². The smallest absolute Gasteiger partial charge is 0.152 e. The van der Waals surface area contributed by atoms with Gasteiger partial charge in [-0.3, -0.25) is 4.79 Å². The molecule has 0 unspecified atom stereocenters. The van der Waals surface area contributed by atoms with Gasteiger partial charge in [-0.15, -0.1) is 0 Å². The summed E-state index contributed by atoms with van der Waals surface area (Å²) >= 11 is 2.30. The number of hydrogen-bond donors (Lipinski definition) is 0. The molecule has 0 fully saturated rings. The predicted octanol–water partition coefficient (Wildman–Crippen LogP) is 3.81. The van der Waals surface area contributed by atoms with Crippen LogP contribution >= 0.6 is 22.6 Å². The maximum Gasteiger partial charge on any atom is 0.152 e. The van der Waals surface area contributed by atoms with E-state index < -0.39 is 0 Å². The Bertz CT molecular complexity index is 737. The van der Waals surface area contributed by atoms with Gasteiger partial charge >= 0.3 is 0 Å². The number of aromatic nitrogens is 1. The van der Waals surface area contributed by atoms with Gasteiger partial charge in [0.25, 0.3) is 0 Å². The van der Waals surface area contributed by atoms with Crippen LogP contribution in [0.3, 0.4) is 0 Å². The molecule has 0 N–H and O–H groups in total. The first-order chi connectivity index (χ1) is 8.29. The Kier molecular flexibility index (Phi) is 2.55. The zero-order chi connectivity index (χ0) is 11.8. The minimum Gasteiger partial charge on any atom is -0.298 e. The summed E-state index contributed by atoms with van der Waals surface area (Å²) in [5, 5.41) is 2.13. The number of hydrogen-bond acceptors (Lipinski definition) is 2. The summed E-state index contributed by atoms with van der Waals surface area (Å²) in [6.07, 6.45) is 0.856. The zero-order valence-electron chi connectivity index (χ0n) is 8.85. The van der Waals surface area contributed by atoms with Crippen molar-refractivity contribution in [2.75, 3.05) is 0 Å². The van der Waals surface area contributed by atoms with Gasteiger partial charge in [0.15, 0.2) is 6.29 Å². The summed E-state index contributed by atoms with van der Waals surface area (Å²) in [5.41, 5.74) is 2.35. The standard InChI is InChI=1S/C14H8INO/c15-12-5-2-6-13-11(12)7-9-3-1-4-10(8-17)14(9)16-13/h1-8H. The van der Waals surface area contributed by atoms with E-state index in [2.05, 4.69) is 39.7 Å². The van der Waals surface area contributed by atoms with Crippen molar-refractivity contribution in [3.05, 3.63) is 51.6 Å². The lowest BCUT2D eigenvalue weighted by Crippen LogP contribution is -1.89. The van der Waals surface area contributed by atoms with Crippen LogP contribution in [0.25, 0.3) is 21.8 Å². The van der Waals surface area contributed by atoms with Crippen molar-refractivity contribution in [2.24, 2.45) is 0 Å². The molecule has 0 aliphatic carbocycles. The number of para-hydroxylation sites is 1. The fraction of sp³-hybridized carbons (Fsp3) is 0. The average molecular weight is 333 g/mol. The van der Waals surface area contributed by atoms with Gasteiger partial charge in [-0.25, -0.2) is 4.98 Å². The molecule has 3 rings (SSSR count). The Morgan fingerprint density at radius 1 is 1.12 bits per heavy atom. The highest BCUT2D eigenvalue weighted by Gasteiger charge is 2.05. The molecule has 2 aromatic carbocycles. The van der Waals surface area contributed by atoms with Crippen molar-refractivity contribution in [2.45, 2.75) is 0 Å². The third kappa shape index (κ3) is 1.70. The summed E-state index contributed by atoms with van der Waals surface area (Å²) in [6, 6.07) is 13.8. The van der Waals surface area contributed by atoms with Crippen LogP contribution in [0.1, 0.15) is 10.4 Å². The Hall–Kier alpha value is -1.49. The highest BCUT2D eigenvalue weighted by atomic mass is 127. The summed E-state index contributed by atoms with van der Waals surface area (Å²) in [5.74, 6) is 0. The molecule has 3 aromatic rings. The van der Waals surface area contributed by atoms with Crippen LogP contribution in [-0.4, -0.2) is 11.3 Å². The molecule has 0 spiro atoms.